The first-order chi connectivity index (χ1) is 9.17. The zero-order valence-electron chi connectivity index (χ0n) is 12.0. The first-order valence-electron chi connectivity index (χ1n) is 6.99. The zero-order chi connectivity index (χ0) is 14.1. The van der Waals surface area contributed by atoms with Gasteiger partial charge in [0.15, 0.2) is 0 Å². The molecule has 0 unspecified atom stereocenters. The predicted octanol–water partition coefficient (Wildman–Crippen LogP) is 1.66. The summed E-state index contributed by atoms with van der Waals surface area (Å²) in [5.74, 6) is 0.0328. The van der Waals surface area contributed by atoms with Crippen LogP contribution in [0.2, 0.25) is 0 Å². The van der Waals surface area contributed by atoms with Crippen molar-refractivity contribution in [2.45, 2.75) is 26.7 Å². The van der Waals surface area contributed by atoms with Crippen LogP contribution < -0.4 is 11.1 Å². The van der Waals surface area contributed by atoms with E-state index in [9.17, 15) is 4.79 Å². The molecule has 1 rings (SSSR count). The maximum absolute atomic E-state index is 11.8. The minimum absolute atomic E-state index is 0.0328. The summed E-state index contributed by atoms with van der Waals surface area (Å²) in [7, 11) is 0. The number of anilines is 1. The van der Waals surface area contributed by atoms with E-state index in [1.165, 1.54) is 0 Å². The maximum Gasteiger partial charge on any atom is 0.224 e. The fourth-order valence-electron chi connectivity index (χ4n) is 2.03. The molecule has 0 fully saturated rings. The number of nitrogens with one attached hydrogen (secondary N) is 1. The lowest BCUT2D eigenvalue weighted by atomic mass is 10.1. The molecule has 4 nitrogen and oxygen atoms in total. The maximum atomic E-state index is 11.8. The Morgan fingerprint density at radius 2 is 2.00 bits per heavy atom. The molecule has 106 valence electrons. The van der Waals surface area contributed by atoms with Crippen molar-refractivity contribution in [2.24, 2.45) is 0 Å². The van der Waals surface area contributed by atoms with Crippen LogP contribution in [0, 0.1) is 0 Å². The fraction of sp³-hybridized carbons (Fsp3) is 0.533. The van der Waals surface area contributed by atoms with Crippen molar-refractivity contribution in [2.75, 3.05) is 31.9 Å². The first-order valence-corrected chi connectivity index (χ1v) is 6.99. The Hall–Kier alpha value is -1.55. The van der Waals surface area contributed by atoms with Gasteiger partial charge in [0.25, 0.3) is 0 Å². The lowest BCUT2D eigenvalue weighted by molar-refractivity contribution is -0.120. The second kappa shape index (κ2) is 8.53. The molecule has 0 aliphatic heterocycles. The first kappa shape index (κ1) is 15.5. The van der Waals surface area contributed by atoms with Gasteiger partial charge in [-0.2, -0.15) is 0 Å². The number of likely N-dealkylation sites (N-methyl/N-ethyl adjacent to an activating group) is 1. The second-order valence-corrected chi connectivity index (χ2v) is 4.66. The standard InChI is InChI=1S/C15H25N3O/c1-3-10-18(4-2)11-9-17-15(19)12-13-7-5-6-8-14(13)16/h5-8H,3-4,9-12,16H2,1-2H3,(H,17,19). The van der Waals surface area contributed by atoms with Crippen LogP contribution >= 0.6 is 0 Å². The van der Waals surface area contributed by atoms with Crippen molar-refractivity contribution < 1.29 is 4.79 Å². The van der Waals surface area contributed by atoms with Gasteiger partial charge in [-0.15, -0.1) is 0 Å². The molecule has 0 aliphatic carbocycles. The van der Waals surface area contributed by atoms with Gasteiger partial charge in [-0.05, 0) is 31.1 Å². The minimum Gasteiger partial charge on any atom is -0.398 e. The Morgan fingerprint density at radius 3 is 2.63 bits per heavy atom. The predicted molar refractivity (Wildman–Crippen MR) is 80.0 cm³/mol. The van der Waals surface area contributed by atoms with Crippen molar-refractivity contribution in [3.05, 3.63) is 29.8 Å². The molecule has 3 N–H and O–H groups in total. The van der Waals surface area contributed by atoms with Gasteiger partial charge in [0.1, 0.15) is 0 Å². The van der Waals surface area contributed by atoms with Crippen molar-refractivity contribution in [1.82, 2.24) is 10.2 Å². The number of rotatable bonds is 8. The lowest BCUT2D eigenvalue weighted by Gasteiger charge is -2.19. The number of hydrogen-bond acceptors (Lipinski definition) is 3. The topological polar surface area (TPSA) is 58.4 Å². The van der Waals surface area contributed by atoms with Crippen LogP contribution in [0.3, 0.4) is 0 Å². The number of nitrogens with two attached hydrogens (primary N) is 1. The van der Waals surface area contributed by atoms with Gasteiger partial charge in [-0.25, -0.2) is 0 Å². The number of amides is 1. The van der Waals surface area contributed by atoms with Crippen molar-refractivity contribution >= 4 is 11.6 Å². The molecule has 1 amide bonds. The summed E-state index contributed by atoms with van der Waals surface area (Å²) in [5, 5.41) is 2.95. The Kier molecular flexibility index (Phi) is 6.97. The average Bonchev–Trinajstić information content (AvgIpc) is 2.40. The highest BCUT2D eigenvalue weighted by molar-refractivity contribution is 5.80. The van der Waals surface area contributed by atoms with E-state index >= 15 is 0 Å². The summed E-state index contributed by atoms with van der Waals surface area (Å²) in [6.07, 6.45) is 1.49. The fourth-order valence-corrected chi connectivity index (χ4v) is 2.03. The molecule has 1 aromatic rings. The van der Waals surface area contributed by atoms with Crippen LogP contribution in [0.5, 0.6) is 0 Å². The molecule has 4 heteroatoms. The van der Waals surface area contributed by atoms with Gasteiger partial charge < -0.3 is 16.0 Å². The van der Waals surface area contributed by atoms with Crippen LogP contribution in [0.1, 0.15) is 25.8 Å². The quantitative estimate of drug-likeness (QED) is 0.701. The van der Waals surface area contributed by atoms with Crippen molar-refractivity contribution in [1.29, 1.82) is 0 Å². The Labute approximate surface area is 116 Å². The number of hydrogen-bond donors (Lipinski definition) is 2. The molecule has 0 heterocycles. The number of carbonyl (C=O) groups is 1. The molecule has 1 aromatic carbocycles. The largest absolute Gasteiger partial charge is 0.398 e. The summed E-state index contributed by atoms with van der Waals surface area (Å²) < 4.78 is 0. The molecule has 0 bridgehead atoms. The number of benzene rings is 1. The van der Waals surface area contributed by atoms with Gasteiger partial charge in [0, 0.05) is 18.8 Å². The summed E-state index contributed by atoms with van der Waals surface area (Å²) in [6, 6.07) is 7.49. The SMILES string of the molecule is CCCN(CC)CCNC(=O)Cc1ccccc1N. The van der Waals surface area contributed by atoms with Gasteiger partial charge >= 0.3 is 0 Å². The highest BCUT2D eigenvalue weighted by Crippen LogP contribution is 2.10. The highest BCUT2D eigenvalue weighted by atomic mass is 16.1. The van der Waals surface area contributed by atoms with Crippen molar-refractivity contribution in [3.8, 4) is 0 Å². The summed E-state index contributed by atoms with van der Waals surface area (Å²) >= 11 is 0. The van der Waals surface area contributed by atoms with Crippen LogP contribution in [0.15, 0.2) is 24.3 Å². The number of para-hydroxylation sites is 1. The van der Waals surface area contributed by atoms with E-state index in [4.69, 9.17) is 5.73 Å². The molecule has 19 heavy (non-hydrogen) atoms. The third-order valence-electron chi connectivity index (χ3n) is 3.14. The van der Waals surface area contributed by atoms with E-state index in [0.717, 1.165) is 31.6 Å². The molecular weight excluding hydrogens is 238 g/mol. The third kappa shape index (κ3) is 5.75. The van der Waals surface area contributed by atoms with Gasteiger partial charge in [0.05, 0.1) is 6.42 Å². The van der Waals surface area contributed by atoms with Gasteiger partial charge in [-0.1, -0.05) is 32.0 Å². The third-order valence-corrected chi connectivity index (χ3v) is 3.14. The summed E-state index contributed by atoms with van der Waals surface area (Å²) in [6.45, 7) is 8.01. The highest BCUT2D eigenvalue weighted by Gasteiger charge is 2.06. The Balaban J connectivity index is 2.30. The molecule has 0 radical (unpaired) electrons. The van der Waals surface area contributed by atoms with E-state index < -0.39 is 0 Å². The smallest absolute Gasteiger partial charge is 0.224 e. The minimum atomic E-state index is 0.0328. The number of carbonyl (C=O) groups excluding carboxylic acids is 1. The van der Waals surface area contributed by atoms with Crippen LogP contribution in [0.25, 0.3) is 0 Å². The molecule has 0 saturated carbocycles. The Morgan fingerprint density at radius 1 is 1.26 bits per heavy atom. The summed E-state index contributed by atoms with van der Waals surface area (Å²) in [4.78, 5) is 14.1. The van der Waals surface area contributed by atoms with E-state index in [-0.39, 0.29) is 5.91 Å². The molecular formula is C15H25N3O. The molecule has 0 atom stereocenters. The Bertz CT molecular complexity index is 393. The van der Waals surface area contributed by atoms with E-state index in [0.29, 0.717) is 18.7 Å². The van der Waals surface area contributed by atoms with Crippen LogP contribution in [-0.2, 0) is 11.2 Å². The molecule has 0 aliphatic rings. The van der Waals surface area contributed by atoms with Crippen LogP contribution in [-0.4, -0.2) is 37.0 Å². The van der Waals surface area contributed by atoms with E-state index in [1.54, 1.807) is 0 Å². The molecule has 0 spiro atoms. The second-order valence-electron chi connectivity index (χ2n) is 4.66. The molecule has 0 saturated heterocycles. The van der Waals surface area contributed by atoms with E-state index in [2.05, 4.69) is 24.1 Å². The van der Waals surface area contributed by atoms with Gasteiger partial charge in [0.2, 0.25) is 5.91 Å². The monoisotopic (exact) mass is 263 g/mol. The summed E-state index contributed by atoms with van der Waals surface area (Å²) in [5.41, 5.74) is 7.39. The number of nitrogens with zero attached hydrogens (tertiary/aromatic N) is 1. The average molecular weight is 263 g/mol. The van der Waals surface area contributed by atoms with Crippen molar-refractivity contribution in [3.63, 3.8) is 0 Å². The lowest BCUT2D eigenvalue weighted by Crippen LogP contribution is -2.36. The number of nitrogen functional groups attached to an aromatic ring is 1. The molecule has 0 aromatic heterocycles. The van der Waals surface area contributed by atoms with Crippen LogP contribution in [0.4, 0.5) is 5.69 Å². The van der Waals surface area contributed by atoms with E-state index in [1.807, 2.05) is 24.3 Å². The normalized spacial score (nSPS) is 10.7. The van der Waals surface area contributed by atoms with Gasteiger partial charge in [-0.3, -0.25) is 4.79 Å². The zero-order valence-corrected chi connectivity index (χ0v) is 12.0.